The molecule has 0 saturated heterocycles. The van der Waals surface area contributed by atoms with Crippen molar-refractivity contribution in [1.82, 2.24) is 9.97 Å². The number of rotatable bonds is 7. The second-order valence-corrected chi connectivity index (χ2v) is 7.73. The van der Waals surface area contributed by atoms with Crippen LogP contribution in [0.3, 0.4) is 0 Å². The monoisotopic (exact) mass is 443 g/mol. The standard InChI is InChI=1S/C25H21N3O3S/c1-3-30-22-13-17(23-20(14-26)24(29)28-25(27-23)32-2)11-12-21(22)31-15-18-9-6-8-16-7-4-5-10-19(16)18/h4-13H,3,15H2,1-2H3,(H,27,28,29). The van der Waals surface area contributed by atoms with E-state index in [1.807, 2.05) is 43.5 Å². The van der Waals surface area contributed by atoms with Gasteiger partial charge in [-0.25, -0.2) is 4.98 Å². The van der Waals surface area contributed by atoms with Crippen LogP contribution in [0.2, 0.25) is 0 Å². The summed E-state index contributed by atoms with van der Waals surface area (Å²) < 4.78 is 11.9. The Bertz CT molecular complexity index is 1370. The van der Waals surface area contributed by atoms with Gasteiger partial charge in [-0.3, -0.25) is 4.79 Å². The number of hydrogen-bond acceptors (Lipinski definition) is 6. The third kappa shape index (κ3) is 4.32. The van der Waals surface area contributed by atoms with Gasteiger partial charge in [-0.2, -0.15) is 5.26 Å². The molecular weight excluding hydrogens is 422 g/mol. The molecule has 32 heavy (non-hydrogen) atoms. The molecule has 6 nitrogen and oxygen atoms in total. The fourth-order valence-electron chi connectivity index (χ4n) is 3.48. The van der Waals surface area contributed by atoms with E-state index in [0.29, 0.717) is 41.1 Å². The molecule has 7 heteroatoms. The topological polar surface area (TPSA) is 88.0 Å². The quantitative estimate of drug-likeness (QED) is 0.313. The maximum atomic E-state index is 12.3. The van der Waals surface area contributed by atoms with Gasteiger partial charge in [-0.15, -0.1) is 0 Å². The highest BCUT2D eigenvalue weighted by Gasteiger charge is 2.16. The maximum absolute atomic E-state index is 12.3. The normalized spacial score (nSPS) is 10.7. The molecule has 160 valence electrons. The zero-order valence-electron chi connectivity index (χ0n) is 17.7. The molecule has 0 atom stereocenters. The van der Waals surface area contributed by atoms with E-state index in [2.05, 4.69) is 28.2 Å². The summed E-state index contributed by atoms with van der Waals surface area (Å²) in [5.74, 6) is 1.11. The van der Waals surface area contributed by atoms with Gasteiger partial charge in [0.05, 0.1) is 12.3 Å². The molecule has 0 aliphatic rings. The van der Waals surface area contributed by atoms with Gasteiger partial charge in [-0.05, 0) is 47.7 Å². The van der Waals surface area contributed by atoms with Gasteiger partial charge >= 0.3 is 0 Å². The van der Waals surface area contributed by atoms with E-state index in [4.69, 9.17) is 9.47 Å². The van der Waals surface area contributed by atoms with E-state index >= 15 is 0 Å². The summed E-state index contributed by atoms with van der Waals surface area (Å²) in [7, 11) is 0. The molecule has 0 aliphatic heterocycles. The van der Waals surface area contributed by atoms with E-state index in [0.717, 1.165) is 16.3 Å². The zero-order chi connectivity index (χ0) is 22.5. The third-order valence-corrected chi connectivity index (χ3v) is 5.56. The molecule has 0 fully saturated rings. The summed E-state index contributed by atoms with van der Waals surface area (Å²) in [4.78, 5) is 19.3. The van der Waals surface area contributed by atoms with Gasteiger partial charge in [0, 0.05) is 5.56 Å². The lowest BCUT2D eigenvalue weighted by molar-refractivity contribution is 0.270. The Morgan fingerprint density at radius 2 is 1.88 bits per heavy atom. The highest BCUT2D eigenvalue weighted by molar-refractivity contribution is 7.98. The summed E-state index contributed by atoms with van der Waals surface area (Å²) in [6.07, 6.45) is 1.81. The lowest BCUT2D eigenvalue weighted by Gasteiger charge is -2.15. The molecule has 0 unspecified atom stereocenters. The van der Waals surface area contributed by atoms with Crippen molar-refractivity contribution in [3.8, 4) is 28.8 Å². The number of benzene rings is 3. The van der Waals surface area contributed by atoms with E-state index < -0.39 is 5.56 Å². The zero-order valence-corrected chi connectivity index (χ0v) is 18.5. The Hall–Kier alpha value is -3.76. The van der Waals surface area contributed by atoms with E-state index in [1.165, 1.54) is 11.8 Å². The van der Waals surface area contributed by atoms with Crippen LogP contribution in [-0.4, -0.2) is 22.8 Å². The number of aromatic amines is 1. The minimum atomic E-state index is -0.462. The van der Waals surface area contributed by atoms with Crippen molar-refractivity contribution >= 4 is 22.5 Å². The van der Waals surface area contributed by atoms with Crippen molar-refractivity contribution in [2.75, 3.05) is 12.9 Å². The van der Waals surface area contributed by atoms with Crippen LogP contribution >= 0.6 is 11.8 Å². The molecule has 0 saturated carbocycles. The molecule has 0 amide bonds. The number of aromatic nitrogens is 2. The summed E-state index contributed by atoms with van der Waals surface area (Å²) >= 11 is 1.30. The number of nitriles is 1. The first-order chi connectivity index (χ1) is 15.6. The number of fused-ring (bicyclic) bond motifs is 1. The Labute approximate surface area is 189 Å². The first kappa shape index (κ1) is 21.5. The van der Waals surface area contributed by atoms with Gasteiger partial charge < -0.3 is 14.5 Å². The molecule has 1 heterocycles. The third-order valence-electron chi connectivity index (χ3n) is 4.98. The van der Waals surface area contributed by atoms with Gasteiger partial charge in [0.25, 0.3) is 5.56 Å². The fourth-order valence-corrected chi connectivity index (χ4v) is 3.86. The number of ether oxygens (including phenoxy) is 2. The minimum Gasteiger partial charge on any atom is -0.490 e. The van der Waals surface area contributed by atoms with Crippen LogP contribution in [-0.2, 0) is 6.61 Å². The largest absolute Gasteiger partial charge is 0.490 e. The van der Waals surface area contributed by atoms with Crippen molar-refractivity contribution in [3.05, 3.63) is 82.1 Å². The first-order valence-electron chi connectivity index (χ1n) is 10.1. The van der Waals surface area contributed by atoms with Crippen molar-refractivity contribution in [3.63, 3.8) is 0 Å². The molecule has 4 rings (SSSR count). The highest BCUT2D eigenvalue weighted by Crippen LogP contribution is 2.34. The summed E-state index contributed by atoms with van der Waals surface area (Å²) in [5, 5.41) is 12.2. The average molecular weight is 444 g/mol. The van der Waals surface area contributed by atoms with Gasteiger partial charge in [-0.1, -0.05) is 54.2 Å². The van der Waals surface area contributed by atoms with Crippen molar-refractivity contribution in [2.24, 2.45) is 0 Å². The smallest absolute Gasteiger partial charge is 0.270 e. The number of nitrogens with one attached hydrogen (secondary N) is 1. The Kier molecular flexibility index (Phi) is 6.43. The second kappa shape index (κ2) is 9.58. The van der Waals surface area contributed by atoms with E-state index in [1.54, 1.807) is 18.2 Å². The number of H-pyrrole nitrogens is 1. The van der Waals surface area contributed by atoms with E-state index in [9.17, 15) is 10.1 Å². The molecule has 0 spiro atoms. The van der Waals surface area contributed by atoms with Crippen LogP contribution in [0.5, 0.6) is 11.5 Å². The molecule has 1 N–H and O–H groups in total. The molecule has 0 radical (unpaired) electrons. The van der Waals surface area contributed by atoms with Gasteiger partial charge in [0.15, 0.2) is 16.7 Å². The average Bonchev–Trinajstić information content (AvgIpc) is 2.82. The minimum absolute atomic E-state index is 0.0327. The van der Waals surface area contributed by atoms with Crippen LogP contribution in [0.4, 0.5) is 0 Å². The molecule has 1 aromatic heterocycles. The lowest BCUT2D eigenvalue weighted by Crippen LogP contribution is -2.14. The number of thioether (sulfide) groups is 1. The lowest BCUT2D eigenvalue weighted by atomic mass is 10.1. The Morgan fingerprint density at radius 1 is 1.06 bits per heavy atom. The predicted molar refractivity (Wildman–Crippen MR) is 126 cm³/mol. The second-order valence-electron chi connectivity index (χ2n) is 6.93. The first-order valence-corrected chi connectivity index (χ1v) is 11.3. The van der Waals surface area contributed by atoms with Gasteiger partial charge in [0.2, 0.25) is 0 Å². The maximum Gasteiger partial charge on any atom is 0.270 e. The molecule has 4 aromatic rings. The SMILES string of the molecule is CCOc1cc(-c2nc(SC)[nH]c(=O)c2C#N)ccc1OCc1cccc2ccccc12. The molecule has 0 bridgehead atoms. The Morgan fingerprint density at radius 3 is 2.66 bits per heavy atom. The van der Waals surface area contributed by atoms with Crippen molar-refractivity contribution in [1.29, 1.82) is 5.26 Å². The van der Waals surface area contributed by atoms with E-state index in [-0.39, 0.29) is 5.56 Å². The molecular formula is C25H21N3O3S. The number of nitrogens with zero attached hydrogens (tertiary/aromatic N) is 2. The van der Waals surface area contributed by atoms with Crippen LogP contribution in [0.25, 0.3) is 22.0 Å². The summed E-state index contributed by atoms with van der Waals surface area (Å²) in [5.41, 5.74) is 1.51. The highest BCUT2D eigenvalue weighted by atomic mass is 32.2. The summed E-state index contributed by atoms with van der Waals surface area (Å²) in [6, 6.07) is 21.6. The van der Waals surface area contributed by atoms with Crippen LogP contribution < -0.4 is 15.0 Å². The van der Waals surface area contributed by atoms with Gasteiger partial charge in [0.1, 0.15) is 18.2 Å². The van der Waals surface area contributed by atoms with Crippen LogP contribution in [0, 0.1) is 11.3 Å². The number of hydrogen-bond donors (Lipinski definition) is 1. The molecule has 0 aliphatic carbocycles. The Balaban J connectivity index is 1.69. The van der Waals surface area contributed by atoms with Crippen molar-refractivity contribution in [2.45, 2.75) is 18.7 Å². The van der Waals surface area contributed by atoms with Crippen LogP contribution in [0.15, 0.2) is 70.6 Å². The van der Waals surface area contributed by atoms with Crippen LogP contribution in [0.1, 0.15) is 18.1 Å². The van der Waals surface area contributed by atoms with Crippen molar-refractivity contribution < 1.29 is 9.47 Å². The molecule has 3 aromatic carbocycles. The fraction of sp³-hybridized carbons (Fsp3) is 0.160. The predicted octanol–water partition coefficient (Wildman–Crippen LogP) is 5.16. The summed E-state index contributed by atoms with van der Waals surface area (Å²) in [6.45, 7) is 2.71.